The van der Waals surface area contributed by atoms with Crippen LogP contribution >= 0.6 is 0 Å². The summed E-state index contributed by atoms with van der Waals surface area (Å²) in [6.45, 7) is 6.61. The highest BCUT2D eigenvalue weighted by atomic mass is 16.5. The van der Waals surface area contributed by atoms with Crippen LogP contribution in [0.1, 0.15) is 36.2 Å². The van der Waals surface area contributed by atoms with Crippen LogP contribution < -0.4 is 4.74 Å². The highest BCUT2D eigenvalue weighted by Crippen LogP contribution is 2.29. The molecule has 0 bridgehead atoms. The largest absolute Gasteiger partial charge is 0.486 e. The van der Waals surface area contributed by atoms with Crippen molar-refractivity contribution in [3.8, 4) is 5.75 Å². The summed E-state index contributed by atoms with van der Waals surface area (Å²) < 4.78 is 6.28. The smallest absolute Gasteiger partial charge is 0.159 e. The second kappa shape index (κ2) is 7.16. The molecular formula is C24H25NO2. The van der Waals surface area contributed by atoms with E-state index < -0.39 is 0 Å². The van der Waals surface area contributed by atoms with Crippen molar-refractivity contribution in [3.05, 3.63) is 77.9 Å². The Morgan fingerprint density at radius 2 is 1.78 bits per heavy atom. The fraction of sp³-hybridized carbons (Fsp3) is 0.292. The zero-order chi connectivity index (χ0) is 18.9. The Kier molecular flexibility index (Phi) is 4.71. The van der Waals surface area contributed by atoms with E-state index in [1.807, 2.05) is 24.3 Å². The molecule has 0 aliphatic carbocycles. The van der Waals surface area contributed by atoms with Gasteiger partial charge in [-0.15, -0.1) is 0 Å². The summed E-state index contributed by atoms with van der Waals surface area (Å²) in [5, 5.41) is 2.57. The van der Waals surface area contributed by atoms with Crippen molar-refractivity contribution in [1.29, 1.82) is 0 Å². The molecule has 0 aromatic heterocycles. The highest BCUT2D eigenvalue weighted by Gasteiger charge is 2.35. The maximum Gasteiger partial charge on any atom is 0.159 e. The van der Waals surface area contributed by atoms with Crippen LogP contribution in [0.4, 0.5) is 0 Å². The quantitative estimate of drug-likeness (QED) is 0.595. The molecule has 138 valence electrons. The number of nitrogens with zero attached hydrogens (tertiary/aromatic N) is 1. The molecule has 1 fully saturated rings. The summed E-state index contributed by atoms with van der Waals surface area (Å²) in [4.78, 5) is 13.9. The van der Waals surface area contributed by atoms with E-state index in [-0.39, 0.29) is 11.4 Å². The summed E-state index contributed by atoms with van der Waals surface area (Å²) in [5.74, 6) is 0.908. The average Bonchev–Trinajstić information content (AvgIpc) is 3.02. The first-order chi connectivity index (χ1) is 13.0. The second-order valence-corrected chi connectivity index (χ2v) is 7.77. The lowest BCUT2D eigenvalue weighted by atomic mass is 10.1. The van der Waals surface area contributed by atoms with Crippen LogP contribution in [-0.2, 0) is 6.54 Å². The first-order valence-electron chi connectivity index (χ1n) is 9.51. The number of hydrogen-bond donors (Lipinski definition) is 0. The molecule has 1 unspecified atom stereocenters. The Balaban J connectivity index is 1.41. The van der Waals surface area contributed by atoms with E-state index in [0.29, 0.717) is 0 Å². The maximum absolute atomic E-state index is 11.4. The molecule has 1 heterocycles. The van der Waals surface area contributed by atoms with Gasteiger partial charge in [0.1, 0.15) is 11.4 Å². The molecule has 3 aromatic rings. The van der Waals surface area contributed by atoms with Crippen LogP contribution in [0, 0.1) is 0 Å². The maximum atomic E-state index is 11.4. The number of fused-ring (bicyclic) bond motifs is 1. The molecule has 0 saturated carbocycles. The third kappa shape index (κ3) is 4.04. The Hall–Kier alpha value is -2.65. The molecular weight excluding hydrogens is 334 g/mol. The molecule has 1 aliphatic rings. The normalized spacial score (nSPS) is 20.1. The van der Waals surface area contributed by atoms with Crippen molar-refractivity contribution < 1.29 is 9.53 Å². The summed E-state index contributed by atoms with van der Waals surface area (Å²) in [6, 6.07) is 22.7. The van der Waals surface area contributed by atoms with E-state index in [4.69, 9.17) is 4.74 Å². The summed E-state index contributed by atoms with van der Waals surface area (Å²) in [5.41, 5.74) is 1.86. The summed E-state index contributed by atoms with van der Waals surface area (Å²) >= 11 is 0. The second-order valence-electron chi connectivity index (χ2n) is 7.77. The Morgan fingerprint density at radius 3 is 2.52 bits per heavy atom. The highest BCUT2D eigenvalue weighted by molar-refractivity contribution is 5.94. The predicted octanol–water partition coefficient (Wildman–Crippen LogP) is 5.09. The molecule has 4 rings (SSSR count). The van der Waals surface area contributed by atoms with E-state index in [0.717, 1.165) is 37.4 Å². The lowest BCUT2D eigenvalue weighted by Crippen LogP contribution is -2.35. The van der Waals surface area contributed by atoms with Crippen LogP contribution in [0.2, 0.25) is 0 Å². The zero-order valence-electron chi connectivity index (χ0n) is 15.9. The van der Waals surface area contributed by atoms with Crippen LogP contribution in [-0.4, -0.2) is 29.4 Å². The van der Waals surface area contributed by atoms with Gasteiger partial charge in [0.05, 0.1) is 0 Å². The lowest BCUT2D eigenvalue weighted by molar-refractivity contribution is 0.0950. The Labute approximate surface area is 160 Å². The molecule has 3 heteroatoms. The van der Waals surface area contributed by atoms with Gasteiger partial charge in [0, 0.05) is 31.6 Å². The summed E-state index contributed by atoms with van der Waals surface area (Å²) in [7, 11) is 0. The molecule has 0 amide bonds. The molecule has 1 saturated heterocycles. The van der Waals surface area contributed by atoms with Gasteiger partial charge in [0.25, 0.3) is 0 Å². The monoisotopic (exact) mass is 359 g/mol. The number of benzene rings is 3. The first-order valence-corrected chi connectivity index (χ1v) is 9.51. The molecule has 1 aliphatic heterocycles. The number of carbonyl (C=O) groups is 1. The van der Waals surface area contributed by atoms with E-state index in [2.05, 4.69) is 54.3 Å². The number of ether oxygens (including phenoxy) is 1. The number of likely N-dealkylation sites (tertiary alicyclic amines) is 1. The number of hydrogen-bond acceptors (Lipinski definition) is 3. The minimum Gasteiger partial charge on any atom is -0.486 e. The van der Waals surface area contributed by atoms with Crippen molar-refractivity contribution in [1.82, 2.24) is 4.90 Å². The molecule has 0 N–H and O–H groups in total. The van der Waals surface area contributed by atoms with Crippen LogP contribution in [0.3, 0.4) is 0 Å². The molecule has 0 spiro atoms. The third-order valence-corrected chi connectivity index (χ3v) is 5.36. The number of Topliss-reactive ketones (excluding diaryl/α,β-unsaturated/α-hetero) is 1. The van der Waals surface area contributed by atoms with Gasteiger partial charge in [-0.05, 0) is 60.5 Å². The lowest BCUT2D eigenvalue weighted by Gasteiger charge is -2.26. The summed E-state index contributed by atoms with van der Waals surface area (Å²) in [6.07, 6.45) is 0.995. The average molecular weight is 359 g/mol. The van der Waals surface area contributed by atoms with Crippen molar-refractivity contribution in [2.45, 2.75) is 32.4 Å². The minimum atomic E-state index is -0.200. The zero-order valence-corrected chi connectivity index (χ0v) is 15.9. The number of rotatable bonds is 5. The molecule has 3 nitrogen and oxygen atoms in total. The fourth-order valence-electron chi connectivity index (χ4n) is 3.88. The van der Waals surface area contributed by atoms with E-state index in [1.165, 1.54) is 16.3 Å². The molecule has 0 radical (unpaired) electrons. The van der Waals surface area contributed by atoms with Crippen molar-refractivity contribution in [3.63, 3.8) is 0 Å². The van der Waals surface area contributed by atoms with Crippen LogP contribution in [0.15, 0.2) is 66.7 Å². The molecule has 3 aromatic carbocycles. The Morgan fingerprint density at radius 1 is 1.04 bits per heavy atom. The van der Waals surface area contributed by atoms with Crippen molar-refractivity contribution >= 4 is 16.6 Å². The Bertz CT molecular complexity index is 964. The SMILES string of the molecule is CC(=O)c1ccc(OC2(C)CCN(Cc3ccc4ccccc4c3)C2)cc1. The molecule has 27 heavy (non-hydrogen) atoms. The topological polar surface area (TPSA) is 29.5 Å². The van der Waals surface area contributed by atoms with Gasteiger partial charge in [-0.1, -0.05) is 36.4 Å². The van der Waals surface area contributed by atoms with Gasteiger partial charge in [0.15, 0.2) is 5.78 Å². The van der Waals surface area contributed by atoms with Crippen LogP contribution in [0.25, 0.3) is 10.8 Å². The van der Waals surface area contributed by atoms with Gasteiger partial charge in [-0.3, -0.25) is 9.69 Å². The van der Waals surface area contributed by atoms with Gasteiger partial charge in [0.2, 0.25) is 0 Å². The van der Waals surface area contributed by atoms with Gasteiger partial charge < -0.3 is 4.74 Å². The fourth-order valence-corrected chi connectivity index (χ4v) is 3.88. The van der Waals surface area contributed by atoms with Gasteiger partial charge in [-0.25, -0.2) is 0 Å². The van der Waals surface area contributed by atoms with Crippen molar-refractivity contribution in [2.24, 2.45) is 0 Å². The van der Waals surface area contributed by atoms with Gasteiger partial charge >= 0.3 is 0 Å². The predicted molar refractivity (Wildman–Crippen MR) is 109 cm³/mol. The number of ketones is 1. The standard InChI is InChI=1S/C24H25NO2/c1-18(26)20-9-11-23(12-10-20)27-24(2)13-14-25(17-24)16-19-7-8-21-5-3-4-6-22(21)15-19/h3-12,15H,13-14,16-17H2,1-2H3. The van der Waals surface area contributed by atoms with Crippen LogP contribution in [0.5, 0.6) is 5.75 Å². The van der Waals surface area contributed by atoms with Crippen molar-refractivity contribution in [2.75, 3.05) is 13.1 Å². The first kappa shape index (κ1) is 17.7. The van der Waals surface area contributed by atoms with E-state index in [9.17, 15) is 4.79 Å². The van der Waals surface area contributed by atoms with E-state index in [1.54, 1.807) is 6.92 Å². The number of carbonyl (C=O) groups excluding carboxylic acids is 1. The third-order valence-electron chi connectivity index (χ3n) is 5.36. The minimum absolute atomic E-state index is 0.0789. The van der Waals surface area contributed by atoms with E-state index >= 15 is 0 Å². The molecule has 1 atom stereocenters. The van der Waals surface area contributed by atoms with Gasteiger partial charge in [-0.2, -0.15) is 0 Å².